The molecule has 0 fully saturated rings. The maximum absolute atomic E-state index is 13.9. The quantitative estimate of drug-likeness (QED) is 0.782. The molecule has 0 unspecified atom stereocenters. The van der Waals surface area contributed by atoms with Gasteiger partial charge in [0.25, 0.3) is 0 Å². The number of aryl methyl sites for hydroxylation is 3. The summed E-state index contributed by atoms with van der Waals surface area (Å²) in [4.78, 5) is 13.2. The number of nitrogens with zero attached hydrogens (tertiary/aromatic N) is 1. The molecule has 0 atom stereocenters. The number of hydrogen-bond acceptors (Lipinski definition) is 2. The average molecular weight is 375 g/mol. The Morgan fingerprint density at radius 1 is 1.19 bits per heavy atom. The van der Waals surface area contributed by atoms with E-state index in [4.69, 9.17) is 8.22 Å². The van der Waals surface area contributed by atoms with Crippen molar-refractivity contribution < 1.29 is 17.4 Å². The van der Waals surface area contributed by atoms with E-state index in [2.05, 4.69) is 5.32 Å². The van der Waals surface area contributed by atoms with E-state index in [-0.39, 0.29) is 28.1 Å². The zero-order valence-corrected chi connectivity index (χ0v) is 16.3. The highest BCUT2D eigenvalue weighted by atomic mass is 19.1. The van der Waals surface area contributed by atoms with Crippen molar-refractivity contribution in [2.45, 2.75) is 53.9 Å². The molecule has 1 heterocycles. The Bertz CT molecular complexity index is 1090. The van der Waals surface area contributed by atoms with Crippen molar-refractivity contribution in [2.24, 2.45) is 5.41 Å². The van der Waals surface area contributed by atoms with Crippen LogP contribution in [0.4, 0.5) is 15.8 Å². The van der Waals surface area contributed by atoms with E-state index in [9.17, 15) is 9.18 Å². The van der Waals surface area contributed by atoms with Crippen LogP contribution in [0, 0.1) is 25.1 Å². The summed E-state index contributed by atoms with van der Waals surface area (Å²) in [5, 5.41) is 2.88. The predicted molar refractivity (Wildman–Crippen MR) is 110 cm³/mol. The van der Waals surface area contributed by atoms with Gasteiger partial charge in [-0.05, 0) is 72.2 Å². The minimum absolute atomic E-state index is 0.118. The van der Waals surface area contributed by atoms with Crippen molar-refractivity contribution in [3.63, 3.8) is 0 Å². The van der Waals surface area contributed by atoms with Crippen LogP contribution in [-0.4, -0.2) is 12.4 Å². The lowest BCUT2D eigenvalue weighted by molar-refractivity contribution is -0.117. The van der Waals surface area contributed by atoms with Crippen molar-refractivity contribution >= 4 is 17.3 Å². The van der Waals surface area contributed by atoms with Crippen LogP contribution in [0.1, 0.15) is 57.7 Å². The second-order valence-corrected chi connectivity index (χ2v) is 8.11. The van der Waals surface area contributed by atoms with Crippen LogP contribution < -0.4 is 10.2 Å². The highest BCUT2D eigenvalue weighted by molar-refractivity contribution is 5.93. The Morgan fingerprint density at radius 3 is 2.48 bits per heavy atom. The van der Waals surface area contributed by atoms with Crippen LogP contribution >= 0.6 is 0 Å². The van der Waals surface area contributed by atoms with Crippen LogP contribution in [-0.2, 0) is 17.7 Å². The molecule has 3 rings (SSSR count). The van der Waals surface area contributed by atoms with Gasteiger partial charge >= 0.3 is 0 Å². The van der Waals surface area contributed by atoms with Crippen molar-refractivity contribution in [1.82, 2.24) is 0 Å². The van der Waals surface area contributed by atoms with Gasteiger partial charge in [-0.3, -0.25) is 4.79 Å². The van der Waals surface area contributed by atoms with Crippen LogP contribution in [0.2, 0.25) is 0 Å². The molecular weight excluding hydrogens is 339 g/mol. The van der Waals surface area contributed by atoms with Gasteiger partial charge in [0, 0.05) is 36.3 Å². The highest BCUT2D eigenvalue weighted by Gasteiger charge is 2.20. The summed E-state index contributed by atoms with van der Waals surface area (Å²) in [5.74, 6) is -0.933. The number of hydrogen-bond donors (Lipinski definition) is 1. The molecule has 2 aromatic carbocycles. The number of halogens is 1. The fraction of sp³-hybridized carbons (Fsp3) is 0.435. The van der Waals surface area contributed by atoms with Gasteiger partial charge in [-0.1, -0.05) is 26.8 Å². The summed E-state index contributed by atoms with van der Waals surface area (Å²) in [6.45, 7) is 3.99. The molecule has 1 aliphatic heterocycles. The molecule has 0 spiro atoms. The molecule has 3 nitrogen and oxygen atoms in total. The van der Waals surface area contributed by atoms with Gasteiger partial charge in [0.05, 0.1) is 2.74 Å². The second kappa shape index (κ2) is 7.34. The standard InChI is InChI=1S/C23H29FN2O/c1-15-10-20(11-16(2)22(15)25-21(27)13-23(3,4)5)26-9-8-17-12-19(24)7-6-18(17)14-26/h6-7,10-12H,8-9,13-14H2,1-5H3,(H,25,27)/i8D2,9D2,14D2. The topological polar surface area (TPSA) is 32.3 Å². The molecular formula is C23H29FN2O. The van der Waals surface area contributed by atoms with Crippen molar-refractivity contribution in [3.05, 3.63) is 58.4 Å². The first kappa shape index (κ1) is 12.9. The van der Waals surface area contributed by atoms with Crippen LogP contribution in [0.3, 0.4) is 0 Å². The Hall–Kier alpha value is -2.36. The van der Waals surface area contributed by atoms with E-state index >= 15 is 0 Å². The van der Waals surface area contributed by atoms with Gasteiger partial charge in [0.15, 0.2) is 0 Å². The van der Waals surface area contributed by atoms with E-state index < -0.39 is 25.2 Å². The third-order valence-electron chi connectivity index (χ3n) is 4.25. The molecule has 144 valence electrons. The molecule has 0 saturated carbocycles. The minimum Gasteiger partial charge on any atom is -0.367 e. The number of amides is 1. The zero-order valence-electron chi connectivity index (χ0n) is 22.3. The molecule has 0 bridgehead atoms. The van der Waals surface area contributed by atoms with Crippen molar-refractivity contribution in [1.29, 1.82) is 0 Å². The first-order chi connectivity index (χ1) is 14.9. The van der Waals surface area contributed by atoms with Crippen LogP contribution in [0.15, 0.2) is 30.3 Å². The van der Waals surface area contributed by atoms with Crippen LogP contribution in [0.25, 0.3) is 0 Å². The Kier molecular flexibility index (Phi) is 3.51. The SMILES string of the molecule is [2H]C1([2H])c2ccc(F)cc2C([2H])([2H])C([2H])([2H])N1c1cc(C)c(NC(=O)CC(C)(C)C)c(C)c1. The van der Waals surface area contributed by atoms with Crippen molar-refractivity contribution in [2.75, 3.05) is 16.7 Å². The number of anilines is 2. The summed E-state index contributed by atoms with van der Waals surface area (Å²) in [5.41, 5.74) is 1.15. The monoisotopic (exact) mass is 374 g/mol. The normalized spacial score (nSPS) is 23.0. The number of nitrogens with one attached hydrogen (secondary N) is 1. The Balaban J connectivity index is 2.12. The molecule has 0 aromatic heterocycles. The van der Waals surface area contributed by atoms with E-state index in [1.807, 2.05) is 20.8 Å². The fourth-order valence-corrected chi connectivity index (χ4v) is 3.04. The number of benzene rings is 2. The Morgan fingerprint density at radius 2 is 1.85 bits per heavy atom. The van der Waals surface area contributed by atoms with E-state index in [0.717, 1.165) is 23.1 Å². The third kappa shape index (κ3) is 4.68. The maximum atomic E-state index is 13.9. The molecule has 4 heteroatoms. The van der Waals surface area contributed by atoms with E-state index in [1.54, 1.807) is 13.8 Å². The first-order valence-corrected chi connectivity index (χ1v) is 8.91. The smallest absolute Gasteiger partial charge is 0.224 e. The average Bonchev–Trinajstić information content (AvgIpc) is 2.61. The summed E-state index contributed by atoms with van der Waals surface area (Å²) in [7, 11) is 0. The molecule has 0 aliphatic carbocycles. The number of carbonyl (C=O) groups is 1. The van der Waals surface area contributed by atoms with Crippen molar-refractivity contribution in [3.8, 4) is 0 Å². The number of carbonyl (C=O) groups excluding carboxylic acids is 1. The summed E-state index contributed by atoms with van der Waals surface area (Å²) in [6.07, 6.45) is -2.39. The largest absolute Gasteiger partial charge is 0.367 e. The van der Waals surface area contributed by atoms with E-state index in [1.165, 1.54) is 12.1 Å². The molecule has 1 amide bonds. The minimum atomic E-state index is -2.84. The van der Waals surface area contributed by atoms with Gasteiger partial charge < -0.3 is 10.2 Å². The lowest BCUT2D eigenvalue weighted by Crippen LogP contribution is -2.30. The summed E-state index contributed by atoms with van der Waals surface area (Å²) in [6, 6.07) is 6.11. The van der Waals surface area contributed by atoms with Crippen LogP contribution in [0.5, 0.6) is 0 Å². The zero-order chi connectivity index (χ0) is 25.1. The summed E-state index contributed by atoms with van der Waals surface area (Å²) < 4.78 is 65.3. The summed E-state index contributed by atoms with van der Waals surface area (Å²) >= 11 is 0. The molecule has 2 aromatic rings. The van der Waals surface area contributed by atoms with Gasteiger partial charge in [-0.15, -0.1) is 0 Å². The number of fused-ring (bicyclic) bond motifs is 1. The fourth-order valence-electron chi connectivity index (χ4n) is 3.04. The first-order valence-electron chi connectivity index (χ1n) is 11.9. The predicted octanol–water partition coefficient (Wildman–Crippen LogP) is 5.38. The van der Waals surface area contributed by atoms with Gasteiger partial charge in [0.2, 0.25) is 5.91 Å². The maximum Gasteiger partial charge on any atom is 0.224 e. The van der Waals surface area contributed by atoms with E-state index in [0.29, 0.717) is 23.2 Å². The lowest BCUT2D eigenvalue weighted by Gasteiger charge is -2.31. The Labute approximate surface area is 170 Å². The molecule has 1 aliphatic rings. The highest BCUT2D eigenvalue weighted by Crippen LogP contribution is 2.31. The molecule has 0 saturated heterocycles. The molecule has 27 heavy (non-hydrogen) atoms. The molecule has 1 N–H and O–H groups in total. The van der Waals surface area contributed by atoms with Gasteiger partial charge in [-0.2, -0.15) is 0 Å². The second-order valence-electron chi connectivity index (χ2n) is 8.11. The number of rotatable bonds is 3. The lowest BCUT2D eigenvalue weighted by atomic mass is 9.92. The molecule has 0 radical (unpaired) electrons. The third-order valence-corrected chi connectivity index (χ3v) is 4.25. The van der Waals surface area contributed by atoms with Gasteiger partial charge in [-0.25, -0.2) is 4.39 Å². The van der Waals surface area contributed by atoms with Gasteiger partial charge in [0.1, 0.15) is 5.82 Å².